The summed E-state index contributed by atoms with van der Waals surface area (Å²) in [4.78, 5) is 10.2. The second kappa shape index (κ2) is 2.40. The Kier molecular flexibility index (Phi) is 1.41. The maximum Gasteiger partial charge on any atom is 0.181 e. The SMILES string of the molecule is O=C=C1CC2C=CC=CC2O1. The first-order chi connectivity index (χ1) is 5.40. The highest BCUT2D eigenvalue weighted by molar-refractivity contribution is 5.51. The summed E-state index contributed by atoms with van der Waals surface area (Å²) in [6.07, 6.45) is 8.74. The molecule has 0 N–H and O–H groups in total. The molecule has 2 heteroatoms. The van der Waals surface area contributed by atoms with E-state index in [1.165, 1.54) is 0 Å². The summed E-state index contributed by atoms with van der Waals surface area (Å²) in [5, 5.41) is 0. The quantitative estimate of drug-likeness (QED) is 0.483. The second-order valence-electron chi connectivity index (χ2n) is 2.75. The van der Waals surface area contributed by atoms with E-state index in [9.17, 15) is 4.79 Å². The molecule has 1 aliphatic heterocycles. The van der Waals surface area contributed by atoms with Gasteiger partial charge in [-0.05, 0) is 6.08 Å². The van der Waals surface area contributed by atoms with Crippen molar-refractivity contribution < 1.29 is 9.53 Å². The van der Waals surface area contributed by atoms with Gasteiger partial charge in [0, 0.05) is 12.3 Å². The molecular weight excluding hydrogens is 140 g/mol. The van der Waals surface area contributed by atoms with Crippen molar-refractivity contribution in [2.75, 3.05) is 0 Å². The zero-order chi connectivity index (χ0) is 7.68. The zero-order valence-corrected chi connectivity index (χ0v) is 5.99. The number of ether oxygens (including phenoxy) is 1. The molecule has 0 saturated carbocycles. The molecule has 1 aliphatic carbocycles. The van der Waals surface area contributed by atoms with Gasteiger partial charge in [0.2, 0.25) is 0 Å². The van der Waals surface area contributed by atoms with Gasteiger partial charge < -0.3 is 4.74 Å². The standard InChI is InChI=1S/C9H8O2/c10-6-8-5-7-3-1-2-4-9(7)11-8/h1-4,7,9H,5H2. The van der Waals surface area contributed by atoms with Crippen LogP contribution in [0.3, 0.4) is 0 Å². The highest BCUT2D eigenvalue weighted by Crippen LogP contribution is 2.31. The third kappa shape index (κ3) is 1.02. The van der Waals surface area contributed by atoms with E-state index in [1.807, 2.05) is 18.2 Å². The predicted molar refractivity (Wildman–Crippen MR) is 40.5 cm³/mol. The molecule has 0 bridgehead atoms. The lowest BCUT2D eigenvalue weighted by molar-refractivity contribution is 0.187. The van der Waals surface area contributed by atoms with Crippen molar-refractivity contribution in [3.63, 3.8) is 0 Å². The summed E-state index contributed by atoms with van der Waals surface area (Å²) in [5.74, 6) is 2.61. The summed E-state index contributed by atoms with van der Waals surface area (Å²) in [6, 6.07) is 0. The van der Waals surface area contributed by atoms with E-state index in [2.05, 4.69) is 6.08 Å². The monoisotopic (exact) mass is 148 g/mol. The maximum absolute atomic E-state index is 10.2. The van der Waals surface area contributed by atoms with Crippen molar-refractivity contribution in [2.45, 2.75) is 12.5 Å². The molecule has 2 rings (SSSR count). The minimum atomic E-state index is 0.0800. The normalized spacial score (nSPS) is 32.9. The molecule has 56 valence electrons. The van der Waals surface area contributed by atoms with E-state index < -0.39 is 0 Å². The Bertz CT molecular complexity index is 247. The first-order valence-electron chi connectivity index (χ1n) is 3.66. The highest BCUT2D eigenvalue weighted by Gasteiger charge is 2.29. The van der Waals surface area contributed by atoms with Crippen molar-refractivity contribution in [3.8, 4) is 0 Å². The largest absolute Gasteiger partial charge is 0.479 e. The van der Waals surface area contributed by atoms with E-state index in [-0.39, 0.29) is 6.10 Å². The third-order valence-corrected chi connectivity index (χ3v) is 2.01. The van der Waals surface area contributed by atoms with Gasteiger partial charge in [-0.15, -0.1) is 0 Å². The third-order valence-electron chi connectivity index (χ3n) is 2.01. The van der Waals surface area contributed by atoms with Crippen LogP contribution in [0.15, 0.2) is 30.1 Å². The van der Waals surface area contributed by atoms with Crippen LogP contribution in [0.4, 0.5) is 0 Å². The summed E-state index contributed by atoms with van der Waals surface area (Å²) in [7, 11) is 0. The molecule has 2 unspecified atom stereocenters. The van der Waals surface area contributed by atoms with E-state index in [0.717, 1.165) is 0 Å². The molecule has 0 amide bonds. The van der Waals surface area contributed by atoms with E-state index in [1.54, 1.807) is 5.94 Å². The molecule has 1 heterocycles. The zero-order valence-electron chi connectivity index (χ0n) is 5.99. The Balaban J connectivity index is 2.24. The predicted octanol–water partition coefficient (Wildman–Crippen LogP) is 1.23. The summed E-state index contributed by atoms with van der Waals surface area (Å²) in [6.45, 7) is 0. The van der Waals surface area contributed by atoms with Gasteiger partial charge in [-0.25, -0.2) is 4.79 Å². The Hall–Kier alpha value is -1.27. The van der Waals surface area contributed by atoms with Crippen LogP contribution < -0.4 is 0 Å². The number of hydrogen-bond donors (Lipinski definition) is 0. The van der Waals surface area contributed by atoms with Gasteiger partial charge in [0.25, 0.3) is 0 Å². The van der Waals surface area contributed by atoms with Crippen molar-refractivity contribution in [1.82, 2.24) is 0 Å². The van der Waals surface area contributed by atoms with Crippen LogP contribution in [0.25, 0.3) is 0 Å². The van der Waals surface area contributed by atoms with Crippen LogP contribution >= 0.6 is 0 Å². The number of rotatable bonds is 0. The Labute approximate surface area is 64.9 Å². The lowest BCUT2D eigenvalue weighted by Crippen LogP contribution is -2.11. The Morgan fingerprint density at radius 2 is 2.27 bits per heavy atom. The van der Waals surface area contributed by atoms with Gasteiger partial charge in [0.05, 0.1) is 0 Å². The average molecular weight is 148 g/mol. The minimum absolute atomic E-state index is 0.0800. The molecule has 0 aromatic rings. The molecule has 2 aliphatic rings. The summed E-state index contributed by atoms with van der Waals surface area (Å²) < 4.78 is 5.27. The Morgan fingerprint density at radius 3 is 3.00 bits per heavy atom. The fraction of sp³-hybridized carbons (Fsp3) is 0.333. The lowest BCUT2D eigenvalue weighted by atomic mass is 9.97. The fourth-order valence-corrected chi connectivity index (χ4v) is 1.44. The van der Waals surface area contributed by atoms with E-state index in [0.29, 0.717) is 18.1 Å². The molecular formula is C9H8O2. The number of carbonyl (C=O) groups excluding carboxylic acids is 1. The van der Waals surface area contributed by atoms with Crippen LogP contribution in [-0.2, 0) is 9.53 Å². The topological polar surface area (TPSA) is 26.3 Å². The van der Waals surface area contributed by atoms with Gasteiger partial charge in [0.1, 0.15) is 6.10 Å². The summed E-state index contributed by atoms with van der Waals surface area (Å²) in [5.41, 5.74) is 0. The first-order valence-corrected chi connectivity index (χ1v) is 3.66. The maximum atomic E-state index is 10.2. The fourth-order valence-electron chi connectivity index (χ4n) is 1.44. The molecule has 1 fully saturated rings. The van der Waals surface area contributed by atoms with Crippen molar-refractivity contribution in [3.05, 3.63) is 30.1 Å². The molecule has 0 aromatic carbocycles. The number of allylic oxidation sites excluding steroid dienone is 3. The highest BCUT2D eigenvalue weighted by atomic mass is 16.5. The van der Waals surface area contributed by atoms with Crippen molar-refractivity contribution in [2.24, 2.45) is 5.92 Å². The summed E-state index contributed by atoms with van der Waals surface area (Å²) >= 11 is 0. The van der Waals surface area contributed by atoms with Crippen molar-refractivity contribution >= 4 is 5.94 Å². The van der Waals surface area contributed by atoms with E-state index >= 15 is 0 Å². The van der Waals surface area contributed by atoms with Crippen LogP contribution in [0, 0.1) is 5.92 Å². The van der Waals surface area contributed by atoms with Crippen LogP contribution in [-0.4, -0.2) is 12.0 Å². The van der Waals surface area contributed by atoms with Gasteiger partial charge in [-0.3, -0.25) is 0 Å². The molecule has 0 radical (unpaired) electrons. The van der Waals surface area contributed by atoms with E-state index in [4.69, 9.17) is 4.74 Å². The molecule has 0 spiro atoms. The molecule has 1 saturated heterocycles. The number of hydrogen-bond acceptors (Lipinski definition) is 2. The molecule has 2 nitrogen and oxygen atoms in total. The van der Waals surface area contributed by atoms with Crippen molar-refractivity contribution in [1.29, 1.82) is 0 Å². The average Bonchev–Trinajstić information content (AvgIpc) is 2.46. The molecule has 2 atom stereocenters. The molecule has 11 heavy (non-hydrogen) atoms. The van der Waals surface area contributed by atoms with Gasteiger partial charge in [-0.1, -0.05) is 18.2 Å². The van der Waals surface area contributed by atoms with Gasteiger partial charge in [0.15, 0.2) is 11.7 Å². The smallest absolute Gasteiger partial charge is 0.181 e. The lowest BCUT2D eigenvalue weighted by Gasteiger charge is -2.11. The number of fused-ring (bicyclic) bond motifs is 1. The van der Waals surface area contributed by atoms with Crippen LogP contribution in [0.1, 0.15) is 6.42 Å². The van der Waals surface area contributed by atoms with Gasteiger partial charge in [-0.2, -0.15) is 0 Å². The first kappa shape index (κ1) is 6.44. The minimum Gasteiger partial charge on any atom is -0.479 e. The Morgan fingerprint density at radius 1 is 1.45 bits per heavy atom. The molecule has 0 aromatic heterocycles. The second-order valence-corrected chi connectivity index (χ2v) is 2.75. The van der Waals surface area contributed by atoms with Gasteiger partial charge >= 0.3 is 0 Å². The van der Waals surface area contributed by atoms with Crippen LogP contribution in [0.5, 0.6) is 0 Å². The van der Waals surface area contributed by atoms with Crippen LogP contribution in [0.2, 0.25) is 0 Å².